The summed E-state index contributed by atoms with van der Waals surface area (Å²) in [5.74, 6) is 0.0165. The number of anilines is 1. The molecule has 1 aliphatic carbocycles. The van der Waals surface area contributed by atoms with Crippen LogP contribution < -0.4 is 11.1 Å². The van der Waals surface area contributed by atoms with Crippen LogP contribution in [0.4, 0.5) is 5.69 Å². The third kappa shape index (κ3) is 3.09. The summed E-state index contributed by atoms with van der Waals surface area (Å²) in [6.45, 7) is 4.95. The van der Waals surface area contributed by atoms with Gasteiger partial charge in [0, 0.05) is 17.8 Å². The Balaban J connectivity index is 1.99. The van der Waals surface area contributed by atoms with Crippen molar-refractivity contribution in [2.24, 2.45) is 5.41 Å². The second-order valence-corrected chi connectivity index (χ2v) is 5.81. The van der Waals surface area contributed by atoms with Gasteiger partial charge in [-0.1, -0.05) is 19.8 Å². The van der Waals surface area contributed by atoms with Gasteiger partial charge in [0.1, 0.15) is 0 Å². The second kappa shape index (κ2) is 5.64. The van der Waals surface area contributed by atoms with Gasteiger partial charge in [-0.15, -0.1) is 0 Å². The lowest BCUT2D eigenvalue weighted by molar-refractivity contribution is 0.0928. The van der Waals surface area contributed by atoms with Crippen molar-refractivity contribution in [3.63, 3.8) is 0 Å². The highest BCUT2D eigenvalue weighted by Crippen LogP contribution is 2.40. The lowest BCUT2D eigenvalue weighted by Gasteiger charge is -2.27. The van der Waals surface area contributed by atoms with E-state index in [4.69, 9.17) is 5.73 Å². The number of nitrogens with two attached hydrogens (primary N) is 1. The molecule has 0 aromatic heterocycles. The number of benzene rings is 1. The monoisotopic (exact) mass is 260 g/mol. The van der Waals surface area contributed by atoms with Gasteiger partial charge in [0.05, 0.1) is 0 Å². The van der Waals surface area contributed by atoms with Gasteiger partial charge in [0.15, 0.2) is 0 Å². The van der Waals surface area contributed by atoms with Crippen LogP contribution in [0.25, 0.3) is 0 Å². The standard InChI is InChI=1S/C16H24N2O/c1-3-16(8-4-5-9-16)11-18-15(19)13-6-7-14(17)12(2)10-13/h6-7,10H,3-5,8-9,11,17H2,1-2H3,(H,18,19). The van der Waals surface area contributed by atoms with Gasteiger partial charge in [-0.2, -0.15) is 0 Å². The van der Waals surface area contributed by atoms with E-state index in [2.05, 4.69) is 12.2 Å². The molecular weight excluding hydrogens is 236 g/mol. The van der Waals surface area contributed by atoms with Gasteiger partial charge in [0.25, 0.3) is 5.91 Å². The molecule has 1 aromatic rings. The Morgan fingerprint density at radius 1 is 1.37 bits per heavy atom. The topological polar surface area (TPSA) is 55.1 Å². The predicted octanol–water partition coefficient (Wildman–Crippen LogP) is 3.28. The summed E-state index contributed by atoms with van der Waals surface area (Å²) in [4.78, 5) is 12.2. The fourth-order valence-corrected chi connectivity index (χ4v) is 2.97. The Morgan fingerprint density at radius 3 is 2.63 bits per heavy atom. The van der Waals surface area contributed by atoms with Crippen LogP contribution >= 0.6 is 0 Å². The number of hydrogen-bond donors (Lipinski definition) is 2. The highest BCUT2D eigenvalue weighted by Gasteiger charge is 2.32. The SMILES string of the molecule is CCC1(CNC(=O)c2ccc(N)c(C)c2)CCCC1. The molecule has 0 unspecified atom stereocenters. The fraction of sp³-hybridized carbons (Fsp3) is 0.562. The molecule has 0 saturated heterocycles. The molecule has 0 aliphatic heterocycles. The molecule has 0 spiro atoms. The molecule has 1 fully saturated rings. The summed E-state index contributed by atoms with van der Waals surface area (Å²) in [5.41, 5.74) is 8.50. The van der Waals surface area contributed by atoms with Crippen molar-refractivity contribution in [3.05, 3.63) is 29.3 Å². The summed E-state index contributed by atoms with van der Waals surface area (Å²) < 4.78 is 0. The number of aryl methyl sites for hydroxylation is 1. The average Bonchev–Trinajstić information content (AvgIpc) is 2.89. The van der Waals surface area contributed by atoms with E-state index >= 15 is 0 Å². The number of amides is 1. The molecule has 1 saturated carbocycles. The largest absolute Gasteiger partial charge is 0.399 e. The molecule has 0 heterocycles. The summed E-state index contributed by atoms with van der Waals surface area (Å²) in [6, 6.07) is 5.46. The quantitative estimate of drug-likeness (QED) is 0.816. The number of carbonyl (C=O) groups excluding carboxylic acids is 1. The van der Waals surface area contributed by atoms with E-state index in [-0.39, 0.29) is 5.91 Å². The number of rotatable bonds is 4. The smallest absolute Gasteiger partial charge is 0.251 e. The van der Waals surface area contributed by atoms with E-state index in [0.29, 0.717) is 11.0 Å². The van der Waals surface area contributed by atoms with Crippen molar-refractivity contribution in [2.75, 3.05) is 12.3 Å². The molecule has 3 N–H and O–H groups in total. The molecule has 1 aliphatic rings. The normalized spacial score (nSPS) is 17.4. The van der Waals surface area contributed by atoms with Crippen molar-refractivity contribution in [1.82, 2.24) is 5.32 Å². The second-order valence-electron chi connectivity index (χ2n) is 5.81. The first-order chi connectivity index (χ1) is 9.06. The number of nitrogens with one attached hydrogen (secondary N) is 1. The Labute approximate surface area is 115 Å². The lowest BCUT2D eigenvalue weighted by atomic mass is 9.83. The van der Waals surface area contributed by atoms with Crippen LogP contribution in [0.15, 0.2) is 18.2 Å². The minimum Gasteiger partial charge on any atom is -0.399 e. The Kier molecular flexibility index (Phi) is 4.13. The zero-order chi connectivity index (χ0) is 13.9. The van der Waals surface area contributed by atoms with Crippen molar-refractivity contribution in [3.8, 4) is 0 Å². The summed E-state index contributed by atoms with van der Waals surface area (Å²) in [7, 11) is 0. The van der Waals surface area contributed by atoms with Crippen LogP contribution in [0.5, 0.6) is 0 Å². The van der Waals surface area contributed by atoms with Crippen LogP contribution in [0.3, 0.4) is 0 Å². The van der Waals surface area contributed by atoms with Gasteiger partial charge in [-0.25, -0.2) is 0 Å². The minimum absolute atomic E-state index is 0.0165. The van der Waals surface area contributed by atoms with Gasteiger partial charge < -0.3 is 11.1 Å². The predicted molar refractivity (Wildman–Crippen MR) is 79.1 cm³/mol. The highest BCUT2D eigenvalue weighted by atomic mass is 16.1. The van der Waals surface area contributed by atoms with Gasteiger partial charge >= 0.3 is 0 Å². The summed E-state index contributed by atoms with van der Waals surface area (Å²) in [6.07, 6.45) is 6.22. The van der Waals surface area contributed by atoms with Crippen LogP contribution in [-0.2, 0) is 0 Å². The third-order valence-corrected chi connectivity index (χ3v) is 4.57. The first-order valence-corrected chi connectivity index (χ1v) is 7.21. The molecule has 1 aromatic carbocycles. The van der Waals surface area contributed by atoms with E-state index in [0.717, 1.165) is 24.2 Å². The van der Waals surface area contributed by atoms with Crippen molar-refractivity contribution < 1.29 is 4.79 Å². The van der Waals surface area contributed by atoms with E-state index in [1.165, 1.54) is 25.7 Å². The maximum absolute atomic E-state index is 12.2. The van der Waals surface area contributed by atoms with E-state index in [1.54, 1.807) is 12.1 Å². The Morgan fingerprint density at radius 2 is 2.05 bits per heavy atom. The molecule has 104 valence electrons. The van der Waals surface area contributed by atoms with Crippen LogP contribution in [-0.4, -0.2) is 12.5 Å². The summed E-state index contributed by atoms with van der Waals surface area (Å²) in [5, 5.41) is 3.10. The average molecular weight is 260 g/mol. The van der Waals surface area contributed by atoms with Crippen molar-refractivity contribution in [2.45, 2.75) is 46.0 Å². The molecule has 1 amide bonds. The maximum atomic E-state index is 12.2. The zero-order valence-corrected chi connectivity index (χ0v) is 12.0. The first kappa shape index (κ1) is 13.9. The van der Waals surface area contributed by atoms with Crippen LogP contribution in [0.1, 0.15) is 54.9 Å². The Hall–Kier alpha value is -1.51. The van der Waals surface area contributed by atoms with E-state index < -0.39 is 0 Å². The number of carbonyl (C=O) groups is 1. The number of nitrogen functional groups attached to an aromatic ring is 1. The minimum atomic E-state index is 0.0165. The van der Waals surface area contributed by atoms with Crippen molar-refractivity contribution >= 4 is 11.6 Å². The molecule has 0 atom stereocenters. The van der Waals surface area contributed by atoms with Crippen molar-refractivity contribution in [1.29, 1.82) is 0 Å². The van der Waals surface area contributed by atoms with Crippen LogP contribution in [0, 0.1) is 12.3 Å². The molecule has 3 heteroatoms. The van der Waals surface area contributed by atoms with Gasteiger partial charge in [0.2, 0.25) is 0 Å². The van der Waals surface area contributed by atoms with Gasteiger partial charge in [-0.05, 0) is 55.4 Å². The molecule has 0 radical (unpaired) electrons. The third-order valence-electron chi connectivity index (χ3n) is 4.57. The molecule has 19 heavy (non-hydrogen) atoms. The van der Waals surface area contributed by atoms with E-state index in [1.807, 2.05) is 13.0 Å². The molecule has 2 rings (SSSR count). The fourth-order valence-electron chi connectivity index (χ4n) is 2.97. The number of hydrogen-bond acceptors (Lipinski definition) is 2. The first-order valence-electron chi connectivity index (χ1n) is 7.21. The Bertz CT molecular complexity index is 462. The molecule has 3 nitrogen and oxygen atoms in total. The van der Waals surface area contributed by atoms with Gasteiger partial charge in [-0.3, -0.25) is 4.79 Å². The lowest BCUT2D eigenvalue weighted by Crippen LogP contribution is -2.35. The molecule has 0 bridgehead atoms. The zero-order valence-electron chi connectivity index (χ0n) is 12.0. The maximum Gasteiger partial charge on any atom is 0.251 e. The molecular formula is C16H24N2O. The summed E-state index contributed by atoms with van der Waals surface area (Å²) >= 11 is 0. The highest BCUT2D eigenvalue weighted by molar-refractivity contribution is 5.94. The van der Waals surface area contributed by atoms with Crippen LogP contribution in [0.2, 0.25) is 0 Å². The van der Waals surface area contributed by atoms with E-state index in [9.17, 15) is 4.79 Å².